The van der Waals surface area contributed by atoms with Crippen LogP contribution >= 0.6 is 27.5 Å². The molecule has 102 valence electrons. The molecule has 0 atom stereocenters. The van der Waals surface area contributed by atoms with E-state index in [1.807, 2.05) is 19.1 Å². The number of nitrogens with one attached hydrogen (secondary N) is 1. The zero-order valence-electron chi connectivity index (χ0n) is 11.1. The minimum atomic E-state index is 0.647. The van der Waals surface area contributed by atoms with Crippen LogP contribution in [0.3, 0.4) is 0 Å². The van der Waals surface area contributed by atoms with Crippen LogP contribution in [0.1, 0.15) is 5.56 Å². The van der Waals surface area contributed by atoms with E-state index in [0.717, 1.165) is 40.4 Å². The highest BCUT2D eigenvalue weighted by molar-refractivity contribution is 9.10. The van der Waals surface area contributed by atoms with Crippen molar-refractivity contribution < 1.29 is 4.74 Å². The Morgan fingerprint density at radius 1 is 1.33 bits per heavy atom. The topological polar surface area (TPSA) is 24.5 Å². The molecule has 1 aromatic carbocycles. The van der Waals surface area contributed by atoms with Crippen LogP contribution in [0, 0.1) is 6.92 Å². The first kappa shape index (κ1) is 15.8. The lowest BCUT2D eigenvalue weighted by atomic mass is 10.2. The summed E-state index contributed by atoms with van der Waals surface area (Å²) in [5.74, 6) is 0.869. The highest BCUT2D eigenvalue weighted by Crippen LogP contribution is 2.31. The molecule has 18 heavy (non-hydrogen) atoms. The van der Waals surface area contributed by atoms with Crippen molar-refractivity contribution in [1.29, 1.82) is 0 Å². The Balaban J connectivity index is 2.31. The quantitative estimate of drug-likeness (QED) is 0.775. The van der Waals surface area contributed by atoms with Gasteiger partial charge in [0.25, 0.3) is 0 Å². The average molecular weight is 336 g/mol. The Morgan fingerprint density at radius 2 is 2.06 bits per heavy atom. The molecule has 0 unspecified atom stereocenters. The number of aryl methyl sites for hydroxylation is 1. The maximum atomic E-state index is 5.95. The van der Waals surface area contributed by atoms with Gasteiger partial charge in [0.2, 0.25) is 0 Å². The molecule has 0 aromatic heterocycles. The van der Waals surface area contributed by atoms with Gasteiger partial charge in [-0.25, -0.2) is 0 Å². The van der Waals surface area contributed by atoms with Crippen LogP contribution < -0.4 is 10.1 Å². The van der Waals surface area contributed by atoms with Gasteiger partial charge in [-0.15, -0.1) is 0 Å². The van der Waals surface area contributed by atoms with Crippen LogP contribution in [-0.4, -0.2) is 45.2 Å². The fraction of sp³-hybridized carbons (Fsp3) is 0.538. The summed E-state index contributed by atoms with van der Waals surface area (Å²) in [6.07, 6.45) is 0. The minimum absolute atomic E-state index is 0.647. The fourth-order valence-corrected chi connectivity index (χ4v) is 2.60. The third kappa shape index (κ3) is 5.57. The largest absolute Gasteiger partial charge is 0.491 e. The van der Waals surface area contributed by atoms with Crippen LogP contribution in [0.2, 0.25) is 5.02 Å². The smallest absolute Gasteiger partial charge is 0.136 e. The van der Waals surface area contributed by atoms with Crippen molar-refractivity contribution in [3.8, 4) is 5.75 Å². The van der Waals surface area contributed by atoms with Gasteiger partial charge in [-0.05, 0) is 54.6 Å². The van der Waals surface area contributed by atoms with E-state index in [2.05, 4.69) is 40.2 Å². The number of nitrogens with zero attached hydrogens (tertiary/aromatic N) is 1. The Kier molecular flexibility index (Phi) is 7.00. The number of rotatable bonds is 7. The first-order valence-corrected chi connectivity index (χ1v) is 7.11. The third-order valence-corrected chi connectivity index (χ3v) is 3.26. The van der Waals surface area contributed by atoms with Crippen molar-refractivity contribution in [3.05, 3.63) is 27.2 Å². The van der Waals surface area contributed by atoms with Crippen molar-refractivity contribution in [2.24, 2.45) is 0 Å². The van der Waals surface area contributed by atoms with Gasteiger partial charge in [-0.2, -0.15) is 0 Å². The van der Waals surface area contributed by atoms with Gasteiger partial charge in [0, 0.05) is 24.7 Å². The van der Waals surface area contributed by atoms with Gasteiger partial charge >= 0.3 is 0 Å². The molecule has 1 N–H and O–H groups in total. The first-order chi connectivity index (χ1) is 8.50. The molecule has 1 rings (SSSR count). The predicted octanol–water partition coefficient (Wildman–Crippen LogP) is 2.94. The van der Waals surface area contributed by atoms with Crippen molar-refractivity contribution in [3.63, 3.8) is 0 Å². The number of hydrogen-bond acceptors (Lipinski definition) is 3. The number of benzene rings is 1. The van der Waals surface area contributed by atoms with Crippen molar-refractivity contribution in [1.82, 2.24) is 10.2 Å². The monoisotopic (exact) mass is 334 g/mol. The Morgan fingerprint density at radius 3 is 2.67 bits per heavy atom. The molecule has 0 bridgehead atoms. The summed E-state index contributed by atoms with van der Waals surface area (Å²) in [7, 11) is 4.12. The van der Waals surface area contributed by atoms with Gasteiger partial charge in [-0.1, -0.05) is 11.6 Å². The summed E-state index contributed by atoms with van der Waals surface area (Å²) < 4.78 is 6.65. The summed E-state index contributed by atoms with van der Waals surface area (Å²) in [6.45, 7) is 5.48. The lowest BCUT2D eigenvalue weighted by molar-refractivity contribution is 0.305. The zero-order valence-corrected chi connectivity index (χ0v) is 13.4. The minimum Gasteiger partial charge on any atom is -0.491 e. The number of likely N-dealkylation sites (N-methyl/N-ethyl adjacent to an activating group) is 1. The number of halogens is 2. The molecule has 0 saturated heterocycles. The van der Waals surface area contributed by atoms with Crippen LogP contribution in [0.25, 0.3) is 0 Å². The van der Waals surface area contributed by atoms with Gasteiger partial charge in [0.05, 0.1) is 4.47 Å². The predicted molar refractivity (Wildman–Crippen MR) is 80.8 cm³/mol. The summed E-state index contributed by atoms with van der Waals surface area (Å²) in [5.41, 5.74) is 1.04. The zero-order chi connectivity index (χ0) is 13.5. The van der Waals surface area contributed by atoms with E-state index in [-0.39, 0.29) is 0 Å². The lowest BCUT2D eigenvalue weighted by Crippen LogP contribution is -2.29. The normalized spacial score (nSPS) is 11.0. The second-order valence-electron chi connectivity index (χ2n) is 4.44. The molecule has 0 fully saturated rings. The molecular weight excluding hydrogens is 316 g/mol. The van der Waals surface area contributed by atoms with E-state index in [1.165, 1.54) is 0 Å². The molecule has 1 aromatic rings. The van der Waals surface area contributed by atoms with Crippen LogP contribution in [0.15, 0.2) is 16.6 Å². The molecular formula is C13H20BrClN2O. The molecule has 5 heteroatoms. The van der Waals surface area contributed by atoms with Gasteiger partial charge in [0.1, 0.15) is 12.4 Å². The molecule has 0 amide bonds. The van der Waals surface area contributed by atoms with E-state index in [9.17, 15) is 0 Å². The van der Waals surface area contributed by atoms with Crippen LogP contribution in [0.5, 0.6) is 5.75 Å². The molecule has 0 spiro atoms. The summed E-state index contributed by atoms with van der Waals surface area (Å²) in [4.78, 5) is 2.15. The molecule has 0 aliphatic rings. The highest BCUT2D eigenvalue weighted by Gasteiger charge is 2.06. The Hall–Kier alpha value is -0.290. The van der Waals surface area contributed by atoms with Gasteiger partial charge in [0.15, 0.2) is 0 Å². The van der Waals surface area contributed by atoms with Crippen LogP contribution in [0.4, 0.5) is 0 Å². The second kappa shape index (κ2) is 8.00. The molecule has 0 aliphatic carbocycles. The maximum absolute atomic E-state index is 5.95. The van der Waals surface area contributed by atoms with E-state index in [0.29, 0.717) is 6.61 Å². The SMILES string of the molecule is Cc1cc(Cl)cc(Br)c1OCCNCCN(C)C. The molecule has 3 nitrogen and oxygen atoms in total. The highest BCUT2D eigenvalue weighted by atomic mass is 79.9. The number of ether oxygens (including phenoxy) is 1. The summed E-state index contributed by atoms with van der Waals surface area (Å²) in [6, 6.07) is 3.75. The molecule has 0 aliphatic heterocycles. The van der Waals surface area contributed by atoms with E-state index < -0.39 is 0 Å². The molecule has 0 heterocycles. The lowest BCUT2D eigenvalue weighted by Gasteiger charge is -2.13. The van der Waals surface area contributed by atoms with Crippen LogP contribution in [-0.2, 0) is 0 Å². The molecule has 0 saturated carbocycles. The standard InChI is InChI=1S/C13H20BrClN2O/c1-10-8-11(15)9-12(14)13(10)18-7-5-16-4-6-17(2)3/h8-9,16H,4-7H2,1-3H3. The van der Waals surface area contributed by atoms with Crippen molar-refractivity contribution in [2.75, 3.05) is 40.3 Å². The van der Waals surface area contributed by atoms with Gasteiger partial charge < -0.3 is 15.0 Å². The average Bonchev–Trinajstić information content (AvgIpc) is 2.25. The second-order valence-corrected chi connectivity index (χ2v) is 5.73. The number of hydrogen-bond donors (Lipinski definition) is 1. The maximum Gasteiger partial charge on any atom is 0.136 e. The first-order valence-electron chi connectivity index (χ1n) is 5.94. The van der Waals surface area contributed by atoms with E-state index in [4.69, 9.17) is 16.3 Å². The van der Waals surface area contributed by atoms with E-state index >= 15 is 0 Å². The third-order valence-electron chi connectivity index (χ3n) is 2.46. The van der Waals surface area contributed by atoms with Gasteiger partial charge in [-0.3, -0.25) is 0 Å². The summed E-state index contributed by atoms with van der Waals surface area (Å²) in [5, 5.41) is 4.05. The van der Waals surface area contributed by atoms with Crippen molar-refractivity contribution >= 4 is 27.5 Å². The van der Waals surface area contributed by atoms with E-state index in [1.54, 1.807) is 0 Å². The van der Waals surface area contributed by atoms with Crippen molar-refractivity contribution in [2.45, 2.75) is 6.92 Å². The Bertz CT molecular complexity index is 362. The fourth-order valence-electron chi connectivity index (χ4n) is 1.52. The Labute approximate surface area is 123 Å². The summed E-state index contributed by atoms with van der Waals surface area (Å²) >= 11 is 9.42. The molecule has 0 radical (unpaired) electrons.